The molecule has 0 saturated heterocycles. The van der Waals surface area contributed by atoms with E-state index in [9.17, 15) is 40.7 Å². The van der Waals surface area contributed by atoms with Crippen molar-refractivity contribution in [3.8, 4) is 5.69 Å². The molecule has 1 aliphatic rings. The molecule has 0 bridgehead atoms. The number of carbonyl (C=O) groups is 3. The van der Waals surface area contributed by atoms with Crippen LogP contribution in [-0.4, -0.2) is 45.5 Å². The summed E-state index contributed by atoms with van der Waals surface area (Å²) in [6, 6.07) is 11.8. The number of para-hydroxylation sites is 1. The summed E-state index contributed by atoms with van der Waals surface area (Å²) in [5.74, 6) is -3.65. The molecular weight excluding hydrogens is 554 g/mol. The molecule has 0 aliphatic heterocycles. The van der Waals surface area contributed by atoms with Gasteiger partial charge in [-0.25, -0.2) is 4.68 Å². The number of rotatable bonds is 7. The summed E-state index contributed by atoms with van der Waals surface area (Å²) in [5, 5.41) is 5.77. The Morgan fingerprint density at radius 1 is 0.854 bits per heavy atom. The van der Waals surface area contributed by atoms with Crippen molar-refractivity contribution in [1.82, 2.24) is 20.0 Å². The zero-order chi connectivity index (χ0) is 29.8. The van der Waals surface area contributed by atoms with Crippen molar-refractivity contribution in [3.63, 3.8) is 0 Å². The Labute approximate surface area is 231 Å². The van der Waals surface area contributed by atoms with E-state index in [0.717, 1.165) is 35.5 Å². The Morgan fingerprint density at radius 3 is 2.12 bits per heavy atom. The molecule has 0 radical (unpaired) electrons. The summed E-state index contributed by atoms with van der Waals surface area (Å²) in [7, 11) is 0. The van der Waals surface area contributed by atoms with Crippen LogP contribution in [-0.2, 0) is 17.1 Å². The molecule has 1 fully saturated rings. The molecule has 4 rings (SSSR count). The molecule has 1 aliphatic carbocycles. The van der Waals surface area contributed by atoms with E-state index in [0.29, 0.717) is 30.6 Å². The summed E-state index contributed by atoms with van der Waals surface area (Å²) < 4.78 is 82.8. The molecule has 1 aromatic heterocycles. The molecule has 7 nitrogen and oxygen atoms in total. The first-order valence-electron chi connectivity index (χ1n) is 12.9. The summed E-state index contributed by atoms with van der Waals surface area (Å²) in [4.78, 5) is 40.1. The molecule has 0 unspecified atom stereocenters. The molecule has 218 valence electrons. The van der Waals surface area contributed by atoms with Crippen molar-refractivity contribution >= 4 is 17.7 Å². The summed E-state index contributed by atoms with van der Waals surface area (Å²) in [5.41, 5.74) is -3.92. The largest absolute Gasteiger partial charge is 0.435 e. The molecule has 1 heterocycles. The van der Waals surface area contributed by atoms with Gasteiger partial charge < -0.3 is 5.32 Å². The lowest BCUT2D eigenvalue weighted by Crippen LogP contribution is -2.46. The molecule has 2 aromatic carbocycles. The maximum atomic E-state index is 13.7. The van der Waals surface area contributed by atoms with Gasteiger partial charge in [-0.1, -0.05) is 49.6 Å². The van der Waals surface area contributed by atoms with Crippen LogP contribution in [0.25, 0.3) is 5.69 Å². The second-order valence-corrected chi connectivity index (χ2v) is 9.60. The van der Waals surface area contributed by atoms with Crippen LogP contribution in [0.1, 0.15) is 64.1 Å². The first kappa shape index (κ1) is 29.8. The maximum absolute atomic E-state index is 13.7. The number of alkyl halides is 6. The van der Waals surface area contributed by atoms with E-state index in [1.807, 2.05) is 0 Å². The molecule has 1 saturated carbocycles. The molecule has 0 atom stereocenters. The van der Waals surface area contributed by atoms with Crippen molar-refractivity contribution in [3.05, 3.63) is 83.2 Å². The van der Waals surface area contributed by atoms with Crippen LogP contribution in [0.15, 0.2) is 60.8 Å². The van der Waals surface area contributed by atoms with Gasteiger partial charge in [-0.05, 0) is 37.1 Å². The number of imide groups is 1. The Hall–Kier alpha value is -4.16. The minimum absolute atomic E-state index is 0.273. The zero-order valence-corrected chi connectivity index (χ0v) is 21.6. The summed E-state index contributed by atoms with van der Waals surface area (Å²) >= 11 is 0. The number of hydrogen-bond donors (Lipinski definition) is 1. The SMILES string of the molecule is O=C(NCCN(C(=O)c1ccccc1C(F)(F)F)C(=O)C1CCCCC1)c1cn(-c2ccccc2)nc1C(F)(F)F. The highest BCUT2D eigenvalue weighted by Crippen LogP contribution is 2.34. The number of halogens is 6. The van der Waals surface area contributed by atoms with E-state index >= 15 is 0 Å². The van der Waals surface area contributed by atoms with Crippen LogP contribution < -0.4 is 5.32 Å². The van der Waals surface area contributed by atoms with Gasteiger partial charge in [-0.3, -0.25) is 19.3 Å². The van der Waals surface area contributed by atoms with Crippen molar-refractivity contribution in [2.45, 2.75) is 44.5 Å². The fourth-order valence-corrected chi connectivity index (χ4v) is 4.78. The van der Waals surface area contributed by atoms with Crippen LogP contribution >= 0.6 is 0 Å². The number of amides is 3. The lowest BCUT2D eigenvalue weighted by Gasteiger charge is -2.29. The average molecular weight is 581 g/mol. The lowest BCUT2D eigenvalue weighted by molar-refractivity contribution is -0.141. The zero-order valence-electron chi connectivity index (χ0n) is 21.6. The van der Waals surface area contributed by atoms with E-state index < -0.39 is 71.5 Å². The van der Waals surface area contributed by atoms with Crippen molar-refractivity contribution in [1.29, 1.82) is 0 Å². The van der Waals surface area contributed by atoms with E-state index in [1.165, 1.54) is 18.2 Å². The van der Waals surface area contributed by atoms with Gasteiger partial charge in [0.15, 0.2) is 5.69 Å². The van der Waals surface area contributed by atoms with Gasteiger partial charge in [0.05, 0.1) is 22.4 Å². The second kappa shape index (κ2) is 12.1. The smallest absolute Gasteiger partial charge is 0.350 e. The van der Waals surface area contributed by atoms with Gasteiger partial charge in [-0.15, -0.1) is 0 Å². The molecule has 3 amide bonds. The Bertz CT molecular complexity index is 1400. The molecule has 41 heavy (non-hydrogen) atoms. The standard InChI is InChI=1S/C28H26F6N4O3/c29-27(30,31)22-14-8-7-13-20(22)26(41)37(25(40)18-9-3-1-4-10-18)16-15-35-24(39)21-17-38(19-11-5-2-6-12-19)36-23(21)28(32,33)34/h2,5-8,11-14,17-18H,1,3-4,9-10,15-16H2,(H,35,39). The summed E-state index contributed by atoms with van der Waals surface area (Å²) in [6.07, 6.45) is -5.74. The minimum Gasteiger partial charge on any atom is -0.350 e. The Balaban J connectivity index is 1.57. The van der Waals surface area contributed by atoms with Gasteiger partial charge >= 0.3 is 12.4 Å². The van der Waals surface area contributed by atoms with Crippen LogP contribution in [0.2, 0.25) is 0 Å². The number of nitrogens with zero attached hydrogens (tertiary/aromatic N) is 3. The fraction of sp³-hybridized carbons (Fsp3) is 0.357. The highest BCUT2D eigenvalue weighted by Gasteiger charge is 2.40. The quantitative estimate of drug-likeness (QED) is 0.279. The number of nitrogens with one attached hydrogen (secondary N) is 1. The Morgan fingerprint density at radius 2 is 1.49 bits per heavy atom. The van der Waals surface area contributed by atoms with Gasteiger partial charge in [0, 0.05) is 25.2 Å². The molecule has 13 heteroatoms. The van der Waals surface area contributed by atoms with Crippen LogP contribution in [0.4, 0.5) is 26.3 Å². The molecule has 1 N–H and O–H groups in total. The van der Waals surface area contributed by atoms with Crippen LogP contribution in [0.5, 0.6) is 0 Å². The predicted molar refractivity (Wildman–Crippen MR) is 135 cm³/mol. The fourth-order valence-electron chi connectivity index (χ4n) is 4.78. The first-order valence-corrected chi connectivity index (χ1v) is 12.9. The highest BCUT2D eigenvalue weighted by atomic mass is 19.4. The van der Waals surface area contributed by atoms with Crippen LogP contribution in [0.3, 0.4) is 0 Å². The third-order valence-corrected chi connectivity index (χ3v) is 6.80. The van der Waals surface area contributed by atoms with Crippen molar-refractivity contribution in [2.24, 2.45) is 5.92 Å². The van der Waals surface area contributed by atoms with Crippen molar-refractivity contribution < 1.29 is 40.7 Å². The highest BCUT2D eigenvalue weighted by molar-refractivity contribution is 6.06. The monoisotopic (exact) mass is 580 g/mol. The van der Waals surface area contributed by atoms with Crippen molar-refractivity contribution in [2.75, 3.05) is 13.1 Å². The normalized spacial score (nSPS) is 14.5. The van der Waals surface area contributed by atoms with E-state index in [4.69, 9.17) is 0 Å². The lowest BCUT2D eigenvalue weighted by atomic mass is 9.88. The number of carbonyl (C=O) groups excluding carboxylic acids is 3. The second-order valence-electron chi connectivity index (χ2n) is 9.60. The summed E-state index contributed by atoms with van der Waals surface area (Å²) in [6.45, 7) is -1.04. The van der Waals surface area contributed by atoms with E-state index in [2.05, 4.69) is 10.4 Å². The first-order chi connectivity index (χ1) is 19.4. The van der Waals surface area contributed by atoms with E-state index in [1.54, 1.807) is 18.2 Å². The third kappa shape index (κ3) is 6.95. The average Bonchev–Trinajstić information content (AvgIpc) is 3.42. The van der Waals surface area contributed by atoms with Crippen LogP contribution in [0, 0.1) is 5.92 Å². The van der Waals surface area contributed by atoms with Gasteiger partial charge in [0.2, 0.25) is 5.91 Å². The number of benzene rings is 2. The molecular formula is C28H26F6N4O3. The topological polar surface area (TPSA) is 84.3 Å². The Kier molecular flexibility index (Phi) is 8.83. The number of aromatic nitrogens is 2. The van der Waals surface area contributed by atoms with Gasteiger partial charge in [0.1, 0.15) is 0 Å². The van der Waals surface area contributed by atoms with E-state index in [-0.39, 0.29) is 5.69 Å². The van der Waals surface area contributed by atoms with Gasteiger partial charge in [0.25, 0.3) is 11.8 Å². The predicted octanol–water partition coefficient (Wildman–Crippen LogP) is 5.89. The molecule has 3 aromatic rings. The maximum Gasteiger partial charge on any atom is 0.435 e. The minimum atomic E-state index is -4.97. The third-order valence-electron chi connectivity index (χ3n) is 6.80. The van der Waals surface area contributed by atoms with Gasteiger partial charge in [-0.2, -0.15) is 31.4 Å². The molecule has 0 spiro atoms. The number of hydrogen-bond acceptors (Lipinski definition) is 4.